The molecule has 0 spiro atoms. The van der Waals surface area contributed by atoms with Crippen molar-refractivity contribution in [2.45, 2.75) is 25.1 Å². The average Bonchev–Trinajstić information content (AvgIpc) is 3.21. The number of likely N-dealkylation sites (tertiary alicyclic amines) is 1. The number of carbonyl (C=O) groups excluding carboxylic acids is 2. The van der Waals surface area contributed by atoms with Crippen LogP contribution in [0, 0.1) is 0 Å². The van der Waals surface area contributed by atoms with E-state index in [0.29, 0.717) is 31.5 Å². The van der Waals surface area contributed by atoms with Crippen molar-refractivity contribution >= 4 is 11.8 Å². The number of carbonyl (C=O) groups is 2. The van der Waals surface area contributed by atoms with E-state index in [9.17, 15) is 22.8 Å². The summed E-state index contributed by atoms with van der Waals surface area (Å²) in [4.78, 5) is 30.1. The molecule has 1 saturated heterocycles. The van der Waals surface area contributed by atoms with Gasteiger partial charge in [-0.3, -0.25) is 9.59 Å². The second-order valence-electron chi connectivity index (χ2n) is 6.31. The largest absolute Gasteiger partial charge is 0.472 e. The Morgan fingerprint density at radius 2 is 2.04 bits per heavy atom. The number of amides is 2. The number of alkyl halides is 3. The zero-order chi connectivity index (χ0) is 20.1. The molecule has 1 aliphatic heterocycles. The first-order chi connectivity index (χ1) is 13.3. The predicted octanol–water partition coefficient (Wildman–Crippen LogP) is 2.65. The van der Waals surface area contributed by atoms with E-state index in [1.807, 2.05) is 0 Å². The van der Waals surface area contributed by atoms with E-state index in [-0.39, 0.29) is 23.4 Å². The van der Waals surface area contributed by atoms with Gasteiger partial charge >= 0.3 is 6.18 Å². The van der Waals surface area contributed by atoms with Crippen LogP contribution in [0.15, 0.2) is 41.3 Å². The van der Waals surface area contributed by atoms with Gasteiger partial charge < -0.3 is 19.4 Å². The van der Waals surface area contributed by atoms with Crippen LogP contribution in [0.2, 0.25) is 0 Å². The van der Waals surface area contributed by atoms with Gasteiger partial charge in [0.1, 0.15) is 11.8 Å². The number of nitrogens with zero attached hydrogens (tertiary/aromatic N) is 2. The first-order valence-electron chi connectivity index (χ1n) is 8.60. The molecule has 1 N–H and O–H groups in total. The van der Waals surface area contributed by atoms with Gasteiger partial charge in [0, 0.05) is 25.3 Å². The summed E-state index contributed by atoms with van der Waals surface area (Å²) in [5.74, 6) is -1.08. The molecule has 2 aromatic heterocycles. The van der Waals surface area contributed by atoms with Gasteiger partial charge in [0.2, 0.25) is 5.88 Å². The molecule has 0 aliphatic carbocycles. The average molecular weight is 397 g/mol. The van der Waals surface area contributed by atoms with Crippen molar-refractivity contribution in [1.82, 2.24) is 15.2 Å². The number of furan rings is 1. The molecule has 2 amide bonds. The van der Waals surface area contributed by atoms with Gasteiger partial charge in [0.25, 0.3) is 11.8 Å². The van der Waals surface area contributed by atoms with Crippen LogP contribution in [0.25, 0.3) is 0 Å². The minimum Gasteiger partial charge on any atom is -0.472 e. The minimum atomic E-state index is -4.53. The first-order valence-corrected chi connectivity index (χ1v) is 8.60. The van der Waals surface area contributed by atoms with Gasteiger partial charge in [0.15, 0.2) is 6.61 Å². The molecule has 0 saturated carbocycles. The van der Waals surface area contributed by atoms with Crippen molar-refractivity contribution in [2.24, 2.45) is 0 Å². The molecular formula is C18H18F3N3O4. The molecular weight excluding hydrogens is 379 g/mol. The Morgan fingerprint density at radius 1 is 1.29 bits per heavy atom. The van der Waals surface area contributed by atoms with E-state index >= 15 is 0 Å². The summed E-state index contributed by atoms with van der Waals surface area (Å²) in [5, 5.41) is 2.77. The van der Waals surface area contributed by atoms with Crippen LogP contribution in [0.5, 0.6) is 5.88 Å². The van der Waals surface area contributed by atoms with Crippen LogP contribution in [-0.2, 0) is 0 Å². The maximum Gasteiger partial charge on any atom is 0.422 e. The normalized spacial score (nSPS) is 15.3. The monoisotopic (exact) mass is 397 g/mol. The molecule has 28 heavy (non-hydrogen) atoms. The number of rotatable bonds is 5. The second-order valence-corrected chi connectivity index (χ2v) is 6.31. The van der Waals surface area contributed by atoms with Crippen LogP contribution in [0.4, 0.5) is 13.2 Å². The van der Waals surface area contributed by atoms with E-state index in [4.69, 9.17) is 4.42 Å². The fourth-order valence-corrected chi connectivity index (χ4v) is 2.89. The quantitative estimate of drug-likeness (QED) is 0.839. The molecule has 1 aliphatic rings. The maximum absolute atomic E-state index is 12.5. The number of nitrogens with one attached hydrogen (secondary N) is 1. The summed E-state index contributed by atoms with van der Waals surface area (Å²) < 4.78 is 46.6. The highest BCUT2D eigenvalue weighted by Crippen LogP contribution is 2.21. The standard InChI is InChI=1S/C18H18F3N3O4/c19-18(20,21)11-28-16-14(2-1-6-22-16)15(25)23-13-3-7-24(8-4-13)17(26)12-5-9-27-10-12/h1-2,5-6,9-10,13H,3-4,7-8,11H2,(H,23,25). The molecule has 7 nitrogen and oxygen atoms in total. The SMILES string of the molecule is O=C(NC1CCN(C(=O)c2ccoc2)CC1)c1cccnc1OCC(F)(F)F. The Balaban J connectivity index is 1.55. The number of pyridine rings is 1. The molecule has 1 fully saturated rings. The van der Waals surface area contributed by atoms with Crippen LogP contribution < -0.4 is 10.1 Å². The Hall–Kier alpha value is -3.04. The summed E-state index contributed by atoms with van der Waals surface area (Å²) in [6.07, 6.45) is 0.568. The molecule has 150 valence electrons. The number of hydrogen-bond acceptors (Lipinski definition) is 5. The Kier molecular flexibility index (Phi) is 5.86. The summed E-state index contributed by atoms with van der Waals surface area (Å²) in [6, 6.07) is 4.17. The van der Waals surface area contributed by atoms with Crippen molar-refractivity contribution in [3.8, 4) is 5.88 Å². The van der Waals surface area contributed by atoms with Crippen molar-refractivity contribution in [3.63, 3.8) is 0 Å². The summed E-state index contributed by atoms with van der Waals surface area (Å²) in [7, 11) is 0. The van der Waals surface area contributed by atoms with E-state index < -0.39 is 18.7 Å². The smallest absolute Gasteiger partial charge is 0.422 e. The highest BCUT2D eigenvalue weighted by atomic mass is 19.4. The zero-order valence-corrected chi connectivity index (χ0v) is 14.7. The highest BCUT2D eigenvalue weighted by Gasteiger charge is 2.30. The third kappa shape index (κ3) is 5.02. The molecule has 0 unspecified atom stereocenters. The highest BCUT2D eigenvalue weighted by molar-refractivity contribution is 5.96. The van der Waals surface area contributed by atoms with Gasteiger partial charge in [-0.25, -0.2) is 4.98 Å². The second kappa shape index (κ2) is 8.32. The fourth-order valence-electron chi connectivity index (χ4n) is 2.89. The molecule has 3 heterocycles. The maximum atomic E-state index is 12.5. The van der Waals surface area contributed by atoms with E-state index in [1.54, 1.807) is 11.0 Å². The lowest BCUT2D eigenvalue weighted by Crippen LogP contribution is -2.46. The lowest BCUT2D eigenvalue weighted by molar-refractivity contribution is -0.154. The van der Waals surface area contributed by atoms with Crippen LogP contribution in [0.1, 0.15) is 33.6 Å². The summed E-state index contributed by atoms with van der Waals surface area (Å²) in [6.45, 7) is -0.641. The molecule has 3 rings (SSSR count). The van der Waals surface area contributed by atoms with Crippen LogP contribution >= 0.6 is 0 Å². The van der Waals surface area contributed by atoms with Crippen LogP contribution in [0.3, 0.4) is 0 Å². The third-order valence-electron chi connectivity index (χ3n) is 4.27. The Bertz CT molecular complexity index is 816. The molecule has 2 aromatic rings. The van der Waals surface area contributed by atoms with Gasteiger partial charge in [-0.05, 0) is 31.0 Å². The molecule has 0 aromatic carbocycles. The van der Waals surface area contributed by atoms with Crippen molar-refractivity contribution in [1.29, 1.82) is 0 Å². The fraction of sp³-hybridized carbons (Fsp3) is 0.389. The van der Waals surface area contributed by atoms with Gasteiger partial charge in [0.05, 0.1) is 11.8 Å². The number of aromatic nitrogens is 1. The number of hydrogen-bond donors (Lipinski definition) is 1. The number of ether oxygens (including phenoxy) is 1. The third-order valence-corrected chi connectivity index (χ3v) is 4.27. The number of halogens is 3. The molecule has 10 heteroatoms. The van der Waals surface area contributed by atoms with Gasteiger partial charge in [-0.15, -0.1) is 0 Å². The minimum absolute atomic E-state index is 0.0661. The Labute approximate surface area is 158 Å². The molecule has 0 bridgehead atoms. The van der Waals surface area contributed by atoms with Gasteiger partial charge in [-0.2, -0.15) is 13.2 Å². The van der Waals surface area contributed by atoms with Crippen molar-refractivity contribution in [3.05, 3.63) is 48.0 Å². The summed E-state index contributed by atoms with van der Waals surface area (Å²) >= 11 is 0. The lowest BCUT2D eigenvalue weighted by atomic mass is 10.0. The Morgan fingerprint density at radius 3 is 2.68 bits per heavy atom. The van der Waals surface area contributed by atoms with Gasteiger partial charge in [-0.1, -0.05) is 0 Å². The number of piperidine rings is 1. The van der Waals surface area contributed by atoms with E-state index in [0.717, 1.165) is 0 Å². The van der Waals surface area contributed by atoms with E-state index in [1.165, 1.54) is 30.9 Å². The zero-order valence-electron chi connectivity index (χ0n) is 14.7. The van der Waals surface area contributed by atoms with E-state index in [2.05, 4.69) is 15.0 Å². The molecule has 0 radical (unpaired) electrons. The topological polar surface area (TPSA) is 84.7 Å². The lowest BCUT2D eigenvalue weighted by Gasteiger charge is -2.32. The first kappa shape index (κ1) is 19.7. The molecule has 0 atom stereocenters. The van der Waals surface area contributed by atoms with Crippen LogP contribution in [-0.4, -0.2) is 53.6 Å². The summed E-state index contributed by atoms with van der Waals surface area (Å²) in [5.41, 5.74) is 0.396. The predicted molar refractivity (Wildman–Crippen MR) is 90.9 cm³/mol. The van der Waals surface area contributed by atoms with Crippen molar-refractivity contribution < 1.29 is 31.9 Å². The van der Waals surface area contributed by atoms with Crippen molar-refractivity contribution in [2.75, 3.05) is 19.7 Å².